The number of amides is 2. The Balaban J connectivity index is 1.80. The van der Waals surface area contributed by atoms with Crippen molar-refractivity contribution in [2.45, 2.75) is 39.7 Å². The molecule has 0 saturated carbocycles. The SMILES string of the molecule is Cc1ccc(-n2nc(C(C)(C)C)cc2NC(=O)NCc2cccc(F)c2)cc1. The number of nitrogens with zero attached hydrogens (tertiary/aromatic N) is 2. The van der Waals surface area contributed by atoms with Crippen molar-refractivity contribution in [1.82, 2.24) is 15.1 Å². The first-order valence-corrected chi connectivity index (χ1v) is 9.19. The number of carbonyl (C=O) groups is 1. The number of carbonyl (C=O) groups excluding carboxylic acids is 1. The van der Waals surface area contributed by atoms with Crippen molar-refractivity contribution in [3.05, 3.63) is 77.2 Å². The van der Waals surface area contributed by atoms with Crippen LogP contribution in [-0.4, -0.2) is 15.8 Å². The zero-order valence-corrected chi connectivity index (χ0v) is 16.6. The maximum atomic E-state index is 13.3. The maximum absolute atomic E-state index is 13.3. The van der Waals surface area contributed by atoms with Crippen LogP contribution in [0.15, 0.2) is 54.6 Å². The van der Waals surface area contributed by atoms with Gasteiger partial charge in [0.05, 0.1) is 11.4 Å². The van der Waals surface area contributed by atoms with Crippen molar-refractivity contribution in [2.75, 3.05) is 5.32 Å². The fraction of sp³-hybridized carbons (Fsp3) is 0.273. The summed E-state index contributed by atoms with van der Waals surface area (Å²) in [5, 5.41) is 10.3. The van der Waals surface area contributed by atoms with E-state index in [4.69, 9.17) is 0 Å². The van der Waals surface area contributed by atoms with Gasteiger partial charge in [-0.05, 0) is 36.8 Å². The van der Waals surface area contributed by atoms with Crippen molar-refractivity contribution in [3.8, 4) is 5.69 Å². The molecule has 0 fully saturated rings. The van der Waals surface area contributed by atoms with Crippen molar-refractivity contribution < 1.29 is 9.18 Å². The first-order chi connectivity index (χ1) is 13.2. The predicted molar refractivity (Wildman–Crippen MR) is 109 cm³/mol. The van der Waals surface area contributed by atoms with E-state index in [2.05, 4.69) is 36.5 Å². The Morgan fingerprint density at radius 1 is 1.11 bits per heavy atom. The van der Waals surface area contributed by atoms with E-state index in [0.717, 1.165) is 16.9 Å². The third-order valence-corrected chi connectivity index (χ3v) is 4.34. The van der Waals surface area contributed by atoms with Gasteiger partial charge < -0.3 is 5.32 Å². The molecule has 0 aliphatic rings. The third kappa shape index (κ3) is 4.76. The Hall–Kier alpha value is -3.15. The Labute approximate surface area is 164 Å². The van der Waals surface area contributed by atoms with E-state index in [1.807, 2.05) is 37.3 Å². The van der Waals surface area contributed by atoms with E-state index < -0.39 is 0 Å². The lowest BCUT2D eigenvalue weighted by Gasteiger charge is -2.14. The van der Waals surface area contributed by atoms with Gasteiger partial charge in [-0.2, -0.15) is 5.10 Å². The molecule has 3 aromatic rings. The number of rotatable bonds is 4. The lowest BCUT2D eigenvalue weighted by molar-refractivity contribution is 0.251. The highest BCUT2D eigenvalue weighted by molar-refractivity contribution is 5.88. The third-order valence-electron chi connectivity index (χ3n) is 4.34. The van der Waals surface area contributed by atoms with Crippen LogP contribution >= 0.6 is 0 Å². The van der Waals surface area contributed by atoms with Crippen molar-refractivity contribution in [3.63, 3.8) is 0 Å². The zero-order chi connectivity index (χ0) is 20.3. The van der Waals surface area contributed by atoms with Crippen molar-refractivity contribution in [2.24, 2.45) is 0 Å². The normalized spacial score (nSPS) is 11.3. The lowest BCUT2D eigenvalue weighted by Crippen LogP contribution is -2.29. The van der Waals surface area contributed by atoms with Crippen molar-refractivity contribution in [1.29, 1.82) is 0 Å². The Morgan fingerprint density at radius 2 is 1.82 bits per heavy atom. The van der Waals surface area contributed by atoms with Gasteiger partial charge in [-0.25, -0.2) is 13.9 Å². The van der Waals surface area contributed by atoms with E-state index in [1.165, 1.54) is 12.1 Å². The topological polar surface area (TPSA) is 59.0 Å². The summed E-state index contributed by atoms with van der Waals surface area (Å²) in [6.07, 6.45) is 0. The first-order valence-electron chi connectivity index (χ1n) is 9.19. The Morgan fingerprint density at radius 3 is 2.46 bits per heavy atom. The van der Waals surface area contributed by atoms with E-state index in [0.29, 0.717) is 11.4 Å². The van der Waals surface area contributed by atoms with E-state index in [9.17, 15) is 9.18 Å². The molecule has 0 aliphatic heterocycles. The van der Waals surface area contributed by atoms with Gasteiger partial charge in [0, 0.05) is 18.0 Å². The zero-order valence-electron chi connectivity index (χ0n) is 16.6. The number of halogens is 1. The van der Waals surface area contributed by atoms with Crippen LogP contribution in [0.1, 0.15) is 37.6 Å². The van der Waals surface area contributed by atoms with Gasteiger partial charge in [0.2, 0.25) is 0 Å². The van der Waals surface area contributed by atoms with Gasteiger partial charge in [0.25, 0.3) is 0 Å². The highest BCUT2D eigenvalue weighted by atomic mass is 19.1. The fourth-order valence-electron chi connectivity index (χ4n) is 2.71. The molecular formula is C22H25FN4O. The minimum atomic E-state index is -0.377. The number of nitrogens with one attached hydrogen (secondary N) is 2. The first kappa shape index (κ1) is 19.6. The molecule has 0 atom stereocenters. The highest BCUT2D eigenvalue weighted by Crippen LogP contribution is 2.26. The minimum Gasteiger partial charge on any atom is -0.334 e. The quantitative estimate of drug-likeness (QED) is 0.674. The van der Waals surface area contributed by atoms with Gasteiger partial charge in [0.1, 0.15) is 11.6 Å². The molecule has 2 aromatic carbocycles. The van der Waals surface area contributed by atoms with Crippen LogP contribution in [0.4, 0.5) is 15.0 Å². The lowest BCUT2D eigenvalue weighted by atomic mass is 9.92. The summed E-state index contributed by atoms with van der Waals surface area (Å²) in [6.45, 7) is 8.47. The Kier molecular flexibility index (Phi) is 5.49. The van der Waals surface area contributed by atoms with Gasteiger partial charge in [-0.3, -0.25) is 5.32 Å². The molecule has 6 heteroatoms. The molecular weight excluding hydrogens is 355 g/mol. The molecule has 0 bridgehead atoms. The van der Waals surface area contributed by atoms with Crippen LogP contribution in [0.25, 0.3) is 5.69 Å². The molecule has 5 nitrogen and oxygen atoms in total. The second-order valence-electron chi connectivity index (χ2n) is 7.85. The summed E-state index contributed by atoms with van der Waals surface area (Å²) in [6, 6.07) is 15.6. The average molecular weight is 380 g/mol. The predicted octanol–water partition coefficient (Wildman–Crippen LogP) is 4.94. The van der Waals surface area contributed by atoms with Crippen LogP contribution in [-0.2, 0) is 12.0 Å². The van der Waals surface area contributed by atoms with Crippen molar-refractivity contribution >= 4 is 11.8 Å². The average Bonchev–Trinajstić information content (AvgIpc) is 3.05. The molecule has 2 amide bonds. The van der Waals surface area contributed by atoms with Gasteiger partial charge in [-0.1, -0.05) is 50.6 Å². The maximum Gasteiger partial charge on any atom is 0.320 e. The number of hydrogen-bond donors (Lipinski definition) is 2. The number of anilines is 1. The fourth-order valence-corrected chi connectivity index (χ4v) is 2.71. The molecule has 3 rings (SSSR count). The molecule has 0 spiro atoms. The molecule has 146 valence electrons. The van der Waals surface area contributed by atoms with E-state index >= 15 is 0 Å². The largest absolute Gasteiger partial charge is 0.334 e. The molecule has 0 saturated heterocycles. The number of hydrogen-bond acceptors (Lipinski definition) is 2. The van der Waals surface area contributed by atoms with Gasteiger partial charge in [0.15, 0.2) is 0 Å². The second-order valence-corrected chi connectivity index (χ2v) is 7.85. The van der Waals surface area contributed by atoms with Gasteiger partial charge in [-0.15, -0.1) is 0 Å². The summed E-state index contributed by atoms with van der Waals surface area (Å²) < 4.78 is 15.0. The number of aryl methyl sites for hydroxylation is 1. The number of benzene rings is 2. The molecule has 0 aliphatic carbocycles. The highest BCUT2D eigenvalue weighted by Gasteiger charge is 2.21. The molecule has 28 heavy (non-hydrogen) atoms. The number of aromatic nitrogens is 2. The smallest absolute Gasteiger partial charge is 0.320 e. The summed E-state index contributed by atoms with van der Waals surface area (Å²) in [7, 11) is 0. The van der Waals surface area contributed by atoms with E-state index in [1.54, 1.807) is 16.8 Å². The monoisotopic (exact) mass is 380 g/mol. The summed E-state index contributed by atoms with van der Waals surface area (Å²) in [4.78, 5) is 12.4. The molecule has 0 unspecified atom stereocenters. The molecule has 0 radical (unpaired) electrons. The number of urea groups is 1. The van der Waals surface area contributed by atoms with Crippen LogP contribution < -0.4 is 10.6 Å². The molecule has 1 aromatic heterocycles. The van der Waals surface area contributed by atoms with Crippen LogP contribution in [0.3, 0.4) is 0 Å². The van der Waals surface area contributed by atoms with E-state index in [-0.39, 0.29) is 23.8 Å². The molecule has 2 N–H and O–H groups in total. The molecule has 1 heterocycles. The summed E-state index contributed by atoms with van der Waals surface area (Å²) in [5.74, 6) is 0.248. The standard InChI is InChI=1S/C22H25FN4O/c1-15-8-10-18(11-9-15)27-20(13-19(26-27)22(2,3)4)25-21(28)24-14-16-6-5-7-17(23)12-16/h5-13H,14H2,1-4H3,(H2,24,25,28). The van der Waals surface area contributed by atoms with Crippen LogP contribution in [0.2, 0.25) is 0 Å². The van der Waals surface area contributed by atoms with Gasteiger partial charge >= 0.3 is 6.03 Å². The van der Waals surface area contributed by atoms with Crippen LogP contribution in [0, 0.1) is 12.7 Å². The second kappa shape index (κ2) is 7.84. The Bertz CT molecular complexity index is 971. The van der Waals surface area contributed by atoms with Crippen LogP contribution in [0.5, 0.6) is 0 Å². The summed E-state index contributed by atoms with van der Waals surface area (Å²) in [5.41, 5.74) is 3.41. The minimum absolute atomic E-state index is 0.162. The summed E-state index contributed by atoms with van der Waals surface area (Å²) >= 11 is 0.